The standard InChI is InChI=1S/C21H23FN2O3/c22-18-6-4-16(5-7-18)11-20(25)24-14-21(15-24)17(8-10-27-21)12-26-13-19-3-1-2-9-23-19/h1-7,9,17H,8,10-15H2/t17-/m1/s1. The Hall–Kier alpha value is -2.31. The summed E-state index contributed by atoms with van der Waals surface area (Å²) in [6, 6.07) is 11.9. The van der Waals surface area contributed by atoms with Gasteiger partial charge in [-0.05, 0) is 36.2 Å². The Kier molecular flexibility index (Phi) is 5.18. The van der Waals surface area contributed by atoms with Gasteiger partial charge in [-0.15, -0.1) is 0 Å². The molecule has 1 atom stereocenters. The van der Waals surface area contributed by atoms with Crippen molar-refractivity contribution in [1.29, 1.82) is 0 Å². The molecule has 1 amide bonds. The lowest BCUT2D eigenvalue weighted by molar-refractivity contribution is -0.168. The molecule has 0 bridgehead atoms. The number of hydrogen-bond acceptors (Lipinski definition) is 4. The van der Waals surface area contributed by atoms with E-state index in [1.54, 1.807) is 18.3 Å². The molecule has 1 aromatic heterocycles. The van der Waals surface area contributed by atoms with E-state index in [1.807, 2.05) is 23.1 Å². The van der Waals surface area contributed by atoms with Gasteiger partial charge < -0.3 is 14.4 Å². The predicted octanol–water partition coefficient (Wildman–Crippen LogP) is 2.60. The van der Waals surface area contributed by atoms with E-state index < -0.39 is 0 Å². The number of hydrogen-bond donors (Lipinski definition) is 0. The number of halogens is 1. The largest absolute Gasteiger partial charge is 0.375 e. The summed E-state index contributed by atoms with van der Waals surface area (Å²) in [6.45, 7) is 3.00. The van der Waals surface area contributed by atoms with E-state index in [2.05, 4.69) is 4.98 Å². The van der Waals surface area contributed by atoms with E-state index in [1.165, 1.54) is 12.1 Å². The van der Waals surface area contributed by atoms with Crippen LogP contribution < -0.4 is 0 Å². The van der Waals surface area contributed by atoms with Crippen LogP contribution in [0.2, 0.25) is 0 Å². The highest BCUT2D eigenvalue weighted by Crippen LogP contribution is 2.40. The molecule has 2 saturated heterocycles. The van der Waals surface area contributed by atoms with Crippen LogP contribution in [0.4, 0.5) is 4.39 Å². The summed E-state index contributed by atoms with van der Waals surface area (Å²) in [4.78, 5) is 18.5. The van der Waals surface area contributed by atoms with Gasteiger partial charge in [0.1, 0.15) is 11.4 Å². The highest BCUT2D eigenvalue weighted by atomic mass is 19.1. The quantitative estimate of drug-likeness (QED) is 0.784. The zero-order chi connectivity index (χ0) is 18.7. The summed E-state index contributed by atoms with van der Waals surface area (Å²) in [7, 11) is 0. The van der Waals surface area contributed by atoms with Gasteiger partial charge in [0.05, 0.1) is 38.4 Å². The molecule has 0 aliphatic carbocycles. The van der Waals surface area contributed by atoms with Crippen LogP contribution in [0.15, 0.2) is 48.7 Å². The zero-order valence-corrected chi connectivity index (χ0v) is 15.1. The minimum atomic E-state index is -0.290. The average Bonchev–Trinajstić information content (AvgIpc) is 3.07. The molecule has 27 heavy (non-hydrogen) atoms. The van der Waals surface area contributed by atoms with Crippen LogP contribution in [0.3, 0.4) is 0 Å². The Morgan fingerprint density at radius 2 is 2.07 bits per heavy atom. The number of benzene rings is 1. The van der Waals surface area contributed by atoms with Crippen LogP contribution in [-0.4, -0.2) is 47.7 Å². The summed E-state index contributed by atoms with van der Waals surface area (Å²) in [6.07, 6.45) is 2.99. The number of likely N-dealkylation sites (tertiary alicyclic amines) is 1. The first kappa shape index (κ1) is 18.1. The monoisotopic (exact) mass is 370 g/mol. The van der Waals surface area contributed by atoms with Gasteiger partial charge in [0.15, 0.2) is 0 Å². The lowest BCUT2D eigenvalue weighted by Crippen LogP contribution is -2.66. The van der Waals surface area contributed by atoms with Gasteiger partial charge in [-0.2, -0.15) is 0 Å². The fourth-order valence-corrected chi connectivity index (χ4v) is 3.82. The van der Waals surface area contributed by atoms with Gasteiger partial charge in [0.2, 0.25) is 5.91 Å². The fourth-order valence-electron chi connectivity index (χ4n) is 3.82. The molecule has 2 aliphatic rings. The molecule has 0 unspecified atom stereocenters. The number of amides is 1. The Labute approximate surface area is 158 Å². The lowest BCUT2D eigenvalue weighted by Gasteiger charge is -2.50. The van der Waals surface area contributed by atoms with Gasteiger partial charge in [-0.25, -0.2) is 4.39 Å². The van der Waals surface area contributed by atoms with Crippen LogP contribution in [0, 0.1) is 11.7 Å². The second kappa shape index (κ2) is 7.74. The molecule has 2 aliphatic heterocycles. The van der Waals surface area contributed by atoms with Gasteiger partial charge in [-0.1, -0.05) is 18.2 Å². The summed E-state index contributed by atoms with van der Waals surface area (Å²) < 4.78 is 24.8. The smallest absolute Gasteiger partial charge is 0.227 e. The molecular weight excluding hydrogens is 347 g/mol. The van der Waals surface area contributed by atoms with Crippen molar-refractivity contribution in [3.8, 4) is 0 Å². The number of carbonyl (C=O) groups is 1. The number of nitrogens with zero attached hydrogens (tertiary/aromatic N) is 2. The number of pyridine rings is 1. The molecule has 142 valence electrons. The van der Waals surface area contributed by atoms with Crippen LogP contribution in [0.5, 0.6) is 0 Å². The predicted molar refractivity (Wildman–Crippen MR) is 97.4 cm³/mol. The number of ether oxygens (including phenoxy) is 2. The van der Waals surface area contributed by atoms with Crippen molar-refractivity contribution in [2.45, 2.75) is 25.0 Å². The summed E-state index contributed by atoms with van der Waals surface area (Å²) in [5.74, 6) is 0.0500. The summed E-state index contributed by atoms with van der Waals surface area (Å²) in [5.41, 5.74) is 1.46. The molecule has 1 spiro atoms. The van der Waals surface area contributed by atoms with Crippen molar-refractivity contribution in [1.82, 2.24) is 9.88 Å². The van der Waals surface area contributed by atoms with Crippen molar-refractivity contribution < 1.29 is 18.7 Å². The molecule has 3 heterocycles. The van der Waals surface area contributed by atoms with E-state index >= 15 is 0 Å². The number of carbonyl (C=O) groups excluding carboxylic acids is 1. The van der Waals surface area contributed by atoms with Crippen LogP contribution in [0.25, 0.3) is 0 Å². The maximum absolute atomic E-state index is 13.0. The SMILES string of the molecule is O=C(Cc1ccc(F)cc1)N1CC2(C1)OCC[C@@H]2COCc1ccccn1. The highest BCUT2D eigenvalue weighted by Gasteiger charge is 2.54. The topological polar surface area (TPSA) is 51.7 Å². The third-order valence-corrected chi connectivity index (χ3v) is 5.43. The van der Waals surface area contributed by atoms with Gasteiger partial charge in [0, 0.05) is 18.7 Å². The van der Waals surface area contributed by atoms with Gasteiger partial charge >= 0.3 is 0 Å². The third-order valence-electron chi connectivity index (χ3n) is 5.43. The Morgan fingerprint density at radius 3 is 2.81 bits per heavy atom. The van der Waals surface area contributed by atoms with Crippen molar-refractivity contribution in [2.75, 3.05) is 26.3 Å². The summed E-state index contributed by atoms with van der Waals surface area (Å²) in [5, 5.41) is 0. The van der Waals surface area contributed by atoms with Crippen molar-refractivity contribution in [3.63, 3.8) is 0 Å². The van der Waals surface area contributed by atoms with E-state index in [0.717, 1.165) is 17.7 Å². The fraction of sp³-hybridized carbons (Fsp3) is 0.429. The Morgan fingerprint density at radius 1 is 1.26 bits per heavy atom. The molecule has 2 aromatic rings. The Balaban J connectivity index is 1.27. The molecule has 0 N–H and O–H groups in total. The van der Waals surface area contributed by atoms with Crippen molar-refractivity contribution in [3.05, 3.63) is 65.7 Å². The van der Waals surface area contributed by atoms with Gasteiger partial charge in [-0.3, -0.25) is 9.78 Å². The minimum Gasteiger partial charge on any atom is -0.375 e. The molecule has 1 aromatic carbocycles. The first-order valence-corrected chi connectivity index (χ1v) is 9.28. The maximum atomic E-state index is 13.0. The zero-order valence-electron chi connectivity index (χ0n) is 15.1. The molecule has 6 heteroatoms. The molecule has 0 saturated carbocycles. The van der Waals surface area contributed by atoms with Crippen LogP contribution in [-0.2, 0) is 27.3 Å². The second-order valence-electron chi connectivity index (χ2n) is 7.29. The molecule has 4 rings (SSSR count). The minimum absolute atomic E-state index is 0.0517. The van der Waals surface area contributed by atoms with Crippen molar-refractivity contribution >= 4 is 5.91 Å². The molecule has 5 nitrogen and oxygen atoms in total. The Bertz CT molecular complexity index is 776. The molecular formula is C21H23FN2O3. The van der Waals surface area contributed by atoms with E-state index in [0.29, 0.717) is 32.9 Å². The maximum Gasteiger partial charge on any atom is 0.227 e. The van der Waals surface area contributed by atoms with Crippen LogP contribution >= 0.6 is 0 Å². The average molecular weight is 370 g/mol. The molecule has 2 fully saturated rings. The van der Waals surface area contributed by atoms with Crippen molar-refractivity contribution in [2.24, 2.45) is 5.92 Å². The number of aromatic nitrogens is 1. The van der Waals surface area contributed by atoms with Gasteiger partial charge in [0.25, 0.3) is 0 Å². The first-order valence-electron chi connectivity index (χ1n) is 9.28. The first-order chi connectivity index (χ1) is 13.1. The number of rotatable bonds is 6. The lowest BCUT2D eigenvalue weighted by atomic mass is 9.81. The van der Waals surface area contributed by atoms with E-state index in [4.69, 9.17) is 9.47 Å². The molecule has 0 radical (unpaired) electrons. The third kappa shape index (κ3) is 4.01. The van der Waals surface area contributed by atoms with Crippen LogP contribution in [0.1, 0.15) is 17.7 Å². The second-order valence-corrected chi connectivity index (χ2v) is 7.29. The normalized spacial score (nSPS) is 20.6. The highest BCUT2D eigenvalue weighted by molar-refractivity contribution is 5.80. The van der Waals surface area contributed by atoms with E-state index in [-0.39, 0.29) is 29.7 Å². The van der Waals surface area contributed by atoms with E-state index in [9.17, 15) is 9.18 Å². The summed E-state index contributed by atoms with van der Waals surface area (Å²) >= 11 is 0.